The number of aliphatic hydroxyl groups excluding tert-OH is 1. The summed E-state index contributed by atoms with van der Waals surface area (Å²) in [6.07, 6.45) is 6.15. The van der Waals surface area contributed by atoms with Crippen LogP contribution in [-0.4, -0.2) is 27.7 Å². The predicted molar refractivity (Wildman–Crippen MR) is 117 cm³/mol. The standard InChI is InChI=1S/C22H23Cl2FO3S/c1-12-17(23)9-13(10-19(12)25)5-7-16-15(18(24)11-20(16)26)4-2-3-14-6-8-21(29-14)22(27)28/h5-10,15-16,18,20,26H,2-4,11H2,1H3,(H,27,28)/b7-5-/t15-,16-,18-,20-/m1/s1. The number of hydrogen-bond donors (Lipinski definition) is 2. The summed E-state index contributed by atoms with van der Waals surface area (Å²) in [6.45, 7) is 1.63. The van der Waals surface area contributed by atoms with E-state index in [1.807, 2.05) is 12.1 Å². The average Bonchev–Trinajstić information content (AvgIpc) is 3.23. The van der Waals surface area contributed by atoms with Crippen LogP contribution in [0, 0.1) is 24.6 Å². The summed E-state index contributed by atoms with van der Waals surface area (Å²) in [6, 6.07) is 6.62. The molecule has 1 fully saturated rings. The molecule has 7 heteroatoms. The minimum atomic E-state index is -0.904. The molecule has 2 aromatic rings. The van der Waals surface area contributed by atoms with Gasteiger partial charge in [0.2, 0.25) is 0 Å². The maximum absolute atomic E-state index is 13.9. The molecule has 3 rings (SSSR count). The van der Waals surface area contributed by atoms with Crippen molar-refractivity contribution in [2.75, 3.05) is 0 Å². The van der Waals surface area contributed by atoms with E-state index in [0.717, 1.165) is 24.1 Å². The zero-order chi connectivity index (χ0) is 21.1. The lowest BCUT2D eigenvalue weighted by atomic mass is 9.89. The molecular formula is C22H23Cl2FO3S. The quantitative estimate of drug-likeness (QED) is 0.488. The Balaban J connectivity index is 1.64. The van der Waals surface area contributed by atoms with Crippen molar-refractivity contribution in [1.82, 2.24) is 0 Å². The van der Waals surface area contributed by atoms with E-state index in [9.17, 15) is 14.3 Å². The fraction of sp³-hybridized carbons (Fsp3) is 0.409. The second-order valence-electron chi connectivity index (χ2n) is 7.49. The van der Waals surface area contributed by atoms with Crippen molar-refractivity contribution in [3.8, 4) is 0 Å². The van der Waals surface area contributed by atoms with Gasteiger partial charge in [0.15, 0.2) is 0 Å². The molecule has 0 saturated heterocycles. The number of alkyl halides is 1. The number of carboxylic acid groups (broad SMARTS) is 1. The largest absolute Gasteiger partial charge is 0.477 e. The molecule has 0 amide bonds. The van der Waals surface area contributed by atoms with Crippen LogP contribution in [0.5, 0.6) is 0 Å². The van der Waals surface area contributed by atoms with Crippen molar-refractivity contribution in [3.05, 3.63) is 62.1 Å². The number of thiophene rings is 1. The fourth-order valence-corrected chi connectivity index (χ4v) is 5.44. The highest BCUT2D eigenvalue weighted by atomic mass is 35.5. The summed E-state index contributed by atoms with van der Waals surface area (Å²) in [4.78, 5) is 12.4. The molecule has 4 atom stereocenters. The fourth-order valence-electron chi connectivity index (χ4n) is 3.86. The highest BCUT2D eigenvalue weighted by Gasteiger charge is 2.39. The van der Waals surface area contributed by atoms with Gasteiger partial charge in [0.25, 0.3) is 0 Å². The van der Waals surface area contributed by atoms with Crippen LogP contribution in [0.15, 0.2) is 30.3 Å². The Bertz CT molecular complexity index is 888. The van der Waals surface area contributed by atoms with Crippen LogP contribution >= 0.6 is 34.5 Å². The maximum atomic E-state index is 13.9. The maximum Gasteiger partial charge on any atom is 0.345 e. The van der Waals surface area contributed by atoms with Crippen molar-refractivity contribution in [2.45, 2.75) is 44.1 Å². The van der Waals surface area contributed by atoms with Crippen LogP contribution in [0.4, 0.5) is 4.39 Å². The molecule has 1 saturated carbocycles. The van der Waals surface area contributed by atoms with Crippen molar-refractivity contribution in [1.29, 1.82) is 0 Å². The van der Waals surface area contributed by atoms with E-state index >= 15 is 0 Å². The molecule has 3 nitrogen and oxygen atoms in total. The van der Waals surface area contributed by atoms with Gasteiger partial charge in [-0.25, -0.2) is 9.18 Å². The topological polar surface area (TPSA) is 57.5 Å². The van der Waals surface area contributed by atoms with Gasteiger partial charge in [-0.05, 0) is 68.4 Å². The third-order valence-corrected chi connectivity index (χ3v) is 7.54. The summed E-state index contributed by atoms with van der Waals surface area (Å²) in [5, 5.41) is 19.7. The number of aryl methyl sites for hydroxylation is 1. The SMILES string of the molecule is Cc1c(F)cc(/C=C\[C@@H]2[C@@H](CCCc3ccc(C(=O)O)s3)[C@H](Cl)C[C@H]2O)cc1Cl. The number of benzene rings is 1. The third kappa shape index (κ3) is 5.40. The molecule has 2 N–H and O–H groups in total. The monoisotopic (exact) mass is 456 g/mol. The molecular weight excluding hydrogens is 434 g/mol. The van der Waals surface area contributed by atoms with Crippen molar-refractivity contribution in [3.63, 3.8) is 0 Å². The smallest absolute Gasteiger partial charge is 0.345 e. The van der Waals surface area contributed by atoms with Gasteiger partial charge in [-0.2, -0.15) is 0 Å². The van der Waals surface area contributed by atoms with E-state index in [0.29, 0.717) is 27.4 Å². The number of carboxylic acids is 1. The second-order valence-corrected chi connectivity index (χ2v) is 9.63. The number of hydrogen-bond acceptors (Lipinski definition) is 3. The van der Waals surface area contributed by atoms with E-state index < -0.39 is 12.1 Å². The minimum Gasteiger partial charge on any atom is -0.477 e. The van der Waals surface area contributed by atoms with Crippen LogP contribution in [0.1, 0.15) is 44.9 Å². The number of rotatable bonds is 7. The molecule has 1 aromatic heterocycles. The molecule has 1 aliphatic rings. The highest BCUT2D eigenvalue weighted by molar-refractivity contribution is 7.13. The number of aromatic carboxylic acids is 1. The Morgan fingerprint density at radius 2 is 2.14 bits per heavy atom. The number of carbonyl (C=O) groups is 1. The number of aliphatic hydroxyl groups is 1. The van der Waals surface area contributed by atoms with E-state index in [2.05, 4.69) is 0 Å². The summed E-state index contributed by atoms with van der Waals surface area (Å²) >= 11 is 13.9. The van der Waals surface area contributed by atoms with Gasteiger partial charge in [-0.1, -0.05) is 23.8 Å². The van der Waals surface area contributed by atoms with Crippen molar-refractivity contribution in [2.24, 2.45) is 11.8 Å². The predicted octanol–water partition coefficient (Wildman–Crippen LogP) is 6.19. The first-order valence-electron chi connectivity index (χ1n) is 9.54. The Morgan fingerprint density at radius 3 is 2.79 bits per heavy atom. The molecule has 1 aromatic carbocycles. The lowest BCUT2D eigenvalue weighted by molar-refractivity contribution is 0.0702. The van der Waals surface area contributed by atoms with Gasteiger partial charge in [-0.15, -0.1) is 22.9 Å². The normalized spacial score (nSPS) is 24.4. The first kappa shape index (κ1) is 22.3. The molecule has 156 valence electrons. The van der Waals surface area contributed by atoms with E-state index in [1.54, 1.807) is 25.1 Å². The Labute approximate surface area is 183 Å². The van der Waals surface area contributed by atoms with Crippen LogP contribution in [0.2, 0.25) is 5.02 Å². The van der Waals surface area contributed by atoms with Gasteiger partial charge in [0, 0.05) is 26.8 Å². The Kier molecular flexibility index (Phi) is 7.38. The summed E-state index contributed by atoms with van der Waals surface area (Å²) in [7, 11) is 0. The van der Waals surface area contributed by atoms with Crippen LogP contribution in [0.3, 0.4) is 0 Å². The van der Waals surface area contributed by atoms with E-state index in [-0.39, 0.29) is 23.0 Å². The van der Waals surface area contributed by atoms with Gasteiger partial charge in [-0.3, -0.25) is 0 Å². The molecule has 0 bridgehead atoms. The third-order valence-electron chi connectivity index (χ3n) is 5.52. The average molecular weight is 457 g/mol. The zero-order valence-electron chi connectivity index (χ0n) is 15.9. The lowest BCUT2D eigenvalue weighted by Crippen LogP contribution is -2.18. The second kappa shape index (κ2) is 9.61. The molecule has 0 radical (unpaired) electrons. The van der Waals surface area contributed by atoms with Crippen molar-refractivity contribution >= 4 is 46.6 Å². The minimum absolute atomic E-state index is 0.104. The first-order valence-corrected chi connectivity index (χ1v) is 11.2. The van der Waals surface area contributed by atoms with Crippen LogP contribution in [-0.2, 0) is 6.42 Å². The molecule has 29 heavy (non-hydrogen) atoms. The lowest BCUT2D eigenvalue weighted by Gasteiger charge is -2.20. The molecule has 0 spiro atoms. The highest BCUT2D eigenvalue weighted by Crippen LogP contribution is 2.40. The van der Waals surface area contributed by atoms with Crippen LogP contribution in [0.25, 0.3) is 6.08 Å². The van der Waals surface area contributed by atoms with Gasteiger partial charge in [0.05, 0.1) is 6.10 Å². The molecule has 1 aliphatic carbocycles. The van der Waals surface area contributed by atoms with Gasteiger partial charge in [0.1, 0.15) is 10.7 Å². The van der Waals surface area contributed by atoms with Gasteiger partial charge >= 0.3 is 5.97 Å². The summed E-state index contributed by atoms with van der Waals surface area (Å²) < 4.78 is 13.9. The van der Waals surface area contributed by atoms with Crippen LogP contribution < -0.4 is 0 Å². The Hall–Kier alpha value is -1.40. The van der Waals surface area contributed by atoms with Gasteiger partial charge < -0.3 is 10.2 Å². The van der Waals surface area contributed by atoms with E-state index in [1.165, 1.54) is 17.4 Å². The van der Waals surface area contributed by atoms with E-state index in [4.69, 9.17) is 28.3 Å². The van der Waals surface area contributed by atoms with Crippen molar-refractivity contribution < 1.29 is 19.4 Å². The summed E-state index contributed by atoms with van der Waals surface area (Å²) in [5.41, 5.74) is 1.07. The summed E-state index contributed by atoms with van der Waals surface area (Å²) in [5.74, 6) is -1.27. The molecule has 1 heterocycles. The molecule has 0 aliphatic heterocycles. The zero-order valence-corrected chi connectivity index (χ0v) is 18.3. The number of halogens is 3. The first-order chi connectivity index (χ1) is 13.8. The molecule has 0 unspecified atom stereocenters. The Morgan fingerprint density at radius 1 is 1.38 bits per heavy atom.